The van der Waals surface area contributed by atoms with Crippen LogP contribution in [0, 0.1) is 0 Å². The van der Waals surface area contributed by atoms with Crippen LogP contribution in [0.5, 0.6) is 0 Å². The molecule has 74 valence electrons. The molecule has 0 aromatic carbocycles. The highest BCUT2D eigenvalue weighted by Gasteiger charge is 1.89. The number of nitrogens with zero attached hydrogens (tertiary/aromatic N) is 1. The van der Waals surface area contributed by atoms with Crippen molar-refractivity contribution in [3.8, 4) is 0 Å². The van der Waals surface area contributed by atoms with Gasteiger partial charge < -0.3 is 4.90 Å². The molecule has 0 aromatic rings. The van der Waals surface area contributed by atoms with Crippen LogP contribution in [0.3, 0.4) is 0 Å². The third kappa shape index (κ3) is 13.0. The summed E-state index contributed by atoms with van der Waals surface area (Å²) in [6.45, 7) is 12.1. The summed E-state index contributed by atoms with van der Waals surface area (Å²) in [5, 5.41) is 0. The molecule has 0 aromatic heterocycles. The Bertz CT molecular complexity index is 95.2. The minimum Gasteiger partial charge on any atom is -0.304 e. The molecule has 0 N–H and O–H groups in total. The summed E-state index contributed by atoms with van der Waals surface area (Å²) >= 11 is 8.39. The molecule has 0 bridgehead atoms. The van der Waals surface area contributed by atoms with E-state index in [0.29, 0.717) is 0 Å². The standard InChI is InChI=1S/C6H15N.C3H6S2/c1-4-7(5-2)6-3;1-2-3(4)5/h4-6H2,1-3H3;2H2,1H3,(H,4,5). The molecule has 0 radical (unpaired) electrons. The van der Waals surface area contributed by atoms with Crippen molar-refractivity contribution in [1.29, 1.82) is 0 Å². The molecule has 0 aliphatic heterocycles. The Kier molecular flexibility index (Phi) is 14.2. The lowest BCUT2D eigenvalue weighted by atomic mass is 10.5. The molecule has 0 rings (SSSR count). The molecular weight excluding hydrogens is 186 g/mol. The molecule has 1 nitrogen and oxygen atoms in total. The van der Waals surface area contributed by atoms with E-state index in [2.05, 4.69) is 50.5 Å². The molecule has 0 atom stereocenters. The third-order valence-corrected chi connectivity index (χ3v) is 2.25. The van der Waals surface area contributed by atoms with Crippen LogP contribution in [-0.4, -0.2) is 28.7 Å². The highest BCUT2D eigenvalue weighted by atomic mass is 32.1. The van der Waals surface area contributed by atoms with Crippen molar-refractivity contribution < 1.29 is 0 Å². The van der Waals surface area contributed by atoms with Gasteiger partial charge in [0.25, 0.3) is 0 Å². The van der Waals surface area contributed by atoms with Gasteiger partial charge in [-0.1, -0.05) is 39.9 Å². The summed E-state index contributed by atoms with van der Waals surface area (Å²) in [4.78, 5) is 2.38. The van der Waals surface area contributed by atoms with Crippen molar-refractivity contribution in [3.63, 3.8) is 0 Å². The maximum atomic E-state index is 4.56. The van der Waals surface area contributed by atoms with Gasteiger partial charge in [-0.15, -0.1) is 12.6 Å². The van der Waals surface area contributed by atoms with Crippen molar-refractivity contribution in [3.05, 3.63) is 0 Å². The molecule has 0 unspecified atom stereocenters. The van der Waals surface area contributed by atoms with Crippen LogP contribution < -0.4 is 0 Å². The normalized spacial score (nSPS) is 9.17. The van der Waals surface area contributed by atoms with Gasteiger partial charge in [0, 0.05) is 4.20 Å². The zero-order valence-corrected chi connectivity index (χ0v) is 10.3. The average molecular weight is 207 g/mol. The van der Waals surface area contributed by atoms with E-state index in [9.17, 15) is 0 Å². The first-order chi connectivity index (χ1) is 5.62. The topological polar surface area (TPSA) is 3.24 Å². The Hall–Kier alpha value is 0.400. The van der Waals surface area contributed by atoms with Crippen LogP contribution in [0.2, 0.25) is 0 Å². The van der Waals surface area contributed by atoms with Crippen LogP contribution in [0.4, 0.5) is 0 Å². The summed E-state index contributed by atoms with van der Waals surface area (Å²) < 4.78 is 0.782. The molecule has 0 spiro atoms. The molecule has 0 amide bonds. The Labute approximate surface area is 87.9 Å². The van der Waals surface area contributed by atoms with Crippen molar-refractivity contribution in [1.82, 2.24) is 4.90 Å². The van der Waals surface area contributed by atoms with E-state index in [1.807, 2.05) is 6.92 Å². The van der Waals surface area contributed by atoms with Crippen LogP contribution in [-0.2, 0) is 0 Å². The van der Waals surface area contributed by atoms with Crippen LogP contribution in [0.15, 0.2) is 0 Å². The second kappa shape index (κ2) is 11.4. The van der Waals surface area contributed by atoms with Gasteiger partial charge in [-0.05, 0) is 26.1 Å². The lowest BCUT2D eigenvalue weighted by Crippen LogP contribution is -2.21. The minimum atomic E-state index is 0.782. The van der Waals surface area contributed by atoms with Crippen LogP contribution >= 0.6 is 24.8 Å². The largest absolute Gasteiger partial charge is 0.304 e. The number of hydrogen-bond donors (Lipinski definition) is 1. The number of hydrogen-bond acceptors (Lipinski definition) is 2. The summed E-state index contributed by atoms with van der Waals surface area (Å²) in [6, 6.07) is 0. The predicted octanol–water partition coefficient (Wildman–Crippen LogP) is 3.00. The average Bonchev–Trinajstić information content (AvgIpc) is 2.09. The summed E-state index contributed by atoms with van der Waals surface area (Å²) in [7, 11) is 0. The van der Waals surface area contributed by atoms with E-state index in [-0.39, 0.29) is 0 Å². The molecule has 0 fully saturated rings. The van der Waals surface area contributed by atoms with E-state index in [4.69, 9.17) is 0 Å². The first-order valence-corrected chi connectivity index (χ1v) is 5.41. The van der Waals surface area contributed by atoms with Crippen molar-refractivity contribution in [2.24, 2.45) is 0 Å². The zero-order chi connectivity index (χ0) is 9.98. The summed E-state index contributed by atoms with van der Waals surface area (Å²) in [5.74, 6) is 0. The van der Waals surface area contributed by atoms with Crippen molar-refractivity contribution in [2.45, 2.75) is 34.1 Å². The fourth-order valence-corrected chi connectivity index (χ4v) is 0.671. The molecule has 0 saturated heterocycles. The van der Waals surface area contributed by atoms with Gasteiger partial charge in [-0.2, -0.15) is 0 Å². The zero-order valence-electron chi connectivity index (χ0n) is 8.63. The smallest absolute Gasteiger partial charge is 0.0445 e. The second-order valence-electron chi connectivity index (χ2n) is 2.37. The first-order valence-electron chi connectivity index (χ1n) is 4.56. The van der Waals surface area contributed by atoms with E-state index in [1.54, 1.807) is 0 Å². The molecule has 12 heavy (non-hydrogen) atoms. The van der Waals surface area contributed by atoms with Gasteiger partial charge in [0.05, 0.1) is 0 Å². The van der Waals surface area contributed by atoms with Crippen molar-refractivity contribution >= 4 is 29.0 Å². The molecule has 0 aliphatic rings. The third-order valence-electron chi connectivity index (χ3n) is 1.64. The van der Waals surface area contributed by atoms with Gasteiger partial charge in [-0.25, -0.2) is 0 Å². The SMILES string of the molecule is CCC(=S)S.CCN(CC)CC. The molecule has 0 aliphatic carbocycles. The highest BCUT2D eigenvalue weighted by Crippen LogP contribution is 1.86. The van der Waals surface area contributed by atoms with Crippen LogP contribution in [0.25, 0.3) is 0 Å². The predicted molar refractivity (Wildman–Crippen MR) is 65.3 cm³/mol. The molecular formula is C9H21NS2. The number of thiocarbonyl (C=S) groups is 1. The summed E-state index contributed by atoms with van der Waals surface area (Å²) in [6.07, 6.45) is 0.901. The maximum absolute atomic E-state index is 4.56. The monoisotopic (exact) mass is 207 g/mol. The van der Waals surface area contributed by atoms with E-state index in [1.165, 1.54) is 19.6 Å². The Morgan fingerprint density at radius 3 is 1.33 bits per heavy atom. The summed E-state index contributed by atoms with van der Waals surface area (Å²) in [5.41, 5.74) is 0. The van der Waals surface area contributed by atoms with Gasteiger partial charge >= 0.3 is 0 Å². The lowest BCUT2D eigenvalue weighted by Gasteiger charge is -2.13. The Balaban J connectivity index is 0. The van der Waals surface area contributed by atoms with Gasteiger partial charge in [0.1, 0.15) is 0 Å². The molecule has 0 heterocycles. The highest BCUT2D eigenvalue weighted by molar-refractivity contribution is 8.11. The van der Waals surface area contributed by atoms with E-state index >= 15 is 0 Å². The molecule has 3 heteroatoms. The number of rotatable bonds is 4. The lowest BCUT2D eigenvalue weighted by molar-refractivity contribution is 0.321. The maximum Gasteiger partial charge on any atom is 0.0445 e. The fourth-order valence-electron chi connectivity index (χ4n) is 0.671. The van der Waals surface area contributed by atoms with E-state index < -0.39 is 0 Å². The van der Waals surface area contributed by atoms with Crippen LogP contribution in [0.1, 0.15) is 34.1 Å². The Morgan fingerprint density at radius 2 is 1.33 bits per heavy atom. The minimum absolute atomic E-state index is 0.782. The van der Waals surface area contributed by atoms with Crippen molar-refractivity contribution in [2.75, 3.05) is 19.6 Å². The fraction of sp³-hybridized carbons (Fsp3) is 0.889. The molecule has 0 saturated carbocycles. The Morgan fingerprint density at radius 1 is 1.08 bits per heavy atom. The second-order valence-corrected chi connectivity index (χ2v) is 3.70. The van der Waals surface area contributed by atoms with Gasteiger partial charge in [0.2, 0.25) is 0 Å². The van der Waals surface area contributed by atoms with Gasteiger partial charge in [-0.3, -0.25) is 0 Å². The quantitative estimate of drug-likeness (QED) is 0.557. The number of thiol groups is 1. The van der Waals surface area contributed by atoms with Gasteiger partial charge in [0.15, 0.2) is 0 Å². The van der Waals surface area contributed by atoms with E-state index in [0.717, 1.165) is 10.6 Å². The first kappa shape index (κ1) is 14.9.